The van der Waals surface area contributed by atoms with E-state index in [2.05, 4.69) is 20.8 Å². The Labute approximate surface area is 80.6 Å². The first-order valence-electron chi connectivity index (χ1n) is 5.21. The highest BCUT2D eigenvalue weighted by molar-refractivity contribution is 5.03. The summed E-state index contributed by atoms with van der Waals surface area (Å²) in [6.07, 6.45) is 3.92. The summed E-state index contributed by atoms with van der Waals surface area (Å²) in [4.78, 5) is 0. The summed E-state index contributed by atoms with van der Waals surface area (Å²) in [5.74, 6) is 0.680. The molecule has 3 atom stereocenters. The lowest BCUT2D eigenvalue weighted by Gasteiger charge is -2.57. The lowest BCUT2D eigenvalue weighted by molar-refractivity contribution is -0.278. The molecule has 3 unspecified atom stereocenters. The van der Waals surface area contributed by atoms with Crippen LogP contribution >= 0.6 is 0 Å². The molecule has 2 aliphatic heterocycles. The standard InChI is InChI=1S/C11H20O2/c1-10(2)8-5-6-11(3,13-10)9(7-8)12-4/h8-9H,5-7H2,1-4H3. The van der Waals surface area contributed by atoms with Gasteiger partial charge in [-0.2, -0.15) is 0 Å². The van der Waals surface area contributed by atoms with E-state index >= 15 is 0 Å². The van der Waals surface area contributed by atoms with Gasteiger partial charge in [-0.05, 0) is 46.0 Å². The highest BCUT2D eigenvalue weighted by Gasteiger charge is 2.54. The van der Waals surface area contributed by atoms with Crippen molar-refractivity contribution in [1.82, 2.24) is 0 Å². The molecule has 13 heavy (non-hydrogen) atoms. The minimum atomic E-state index is -0.0347. The van der Waals surface area contributed by atoms with Crippen LogP contribution in [0.4, 0.5) is 0 Å². The zero-order valence-electron chi connectivity index (χ0n) is 9.09. The van der Waals surface area contributed by atoms with Crippen LogP contribution in [-0.2, 0) is 9.47 Å². The summed E-state index contributed by atoms with van der Waals surface area (Å²) in [5.41, 5.74) is 0.0228. The van der Waals surface area contributed by atoms with Crippen molar-refractivity contribution < 1.29 is 9.47 Å². The maximum Gasteiger partial charge on any atom is 0.0922 e. The van der Waals surface area contributed by atoms with Crippen molar-refractivity contribution in [3.05, 3.63) is 0 Å². The van der Waals surface area contributed by atoms with Crippen LogP contribution in [0.3, 0.4) is 0 Å². The normalized spacial score (nSPS) is 48.0. The molecule has 0 N–H and O–H groups in total. The Morgan fingerprint density at radius 1 is 1.31 bits per heavy atom. The predicted octanol–water partition coefficient (Wildman–Crippen LogP) is 2.37. The van der Waals surface area contributed by atoms with Gasteiger partial charge < -0.3 is 9.47 Å². The SMILES string of the molecule is COC1CC2CCC1(C)OC2(C)C. The topological polar surface area (TPSA) is 18.5 Å². The molecule has 3 fully saturated rings. The highest BCUT2D eigenvalue weighted by Crippen LogP contribution is 2.50. The quantitative estimate of drug-likeness (QED) is 0.623. The Bertz CT molecular complexity index is 212. The summed E-state index contributed by atoms with van der Waals surface area (Å²) in [6, 6.07) is 0. The van der Waals surface area contributed by atoms with E-state index in [1.165, 1.54) is 12.8 Å². The number of rotatable bonds is 1. The zero-order valence-corrected chi connectivity index (χ0v) is 9.09. The summed E-state index contributed by atoms with van der Waals surface area (Å²) in [7, 11) is 1.80. The van der Waals surface area contributed by atoms with Crippen LogP contribution in [0.2, 0.25) is 0 Å². The van der Waals surface area contributed by atoms with E-state index in [1.807, 2.05) is 0 Å². The maximum absolute atomic E-state index is 6.14. The average Bonchev–Trinajstić information content (AvgIpc) is 2.01. The number of ether oxygens (including phenoxy) is 2. The largest absolute Gasteiger partial charge is 0.378 e. The molecule has 2 bridgehead atoms. The molecule has 1 saturated carbocycles. The minimum absolute atomic E-state index is 0.0347. The molecule has 1 aliphatic carbocycles. The summed E-state index contributed by atoms with van der Waals surface area (Å²) in [6.45, 7) is 6.61. The van der Waals surface area contributed by atoms with Gasteiger partial charge in [-0.25, -0.2) is 0 Å². The average molecular weight is 184 g/mol. The molecule has 0 aromatic heterocycles. The van der Waals surface area contributed by atoms with Gasteiger partial charge in [0.1, 0.15) is 0 Å². The second-order valence-corrected chi connectivity index (χ2v) is 5.21. The smallest absolute Gasteiger partial charge is 0.0922 e. The van der Waals surface area contributed by atoms with Gasteiger partial charge >= 0.3 is 0 Å². The van der Waals surface area contributed by atoms with Gasteiger partial charge in [0, 0.05) is 7.11 Å². The molecular weight excluding hydrogens is 164 g/mol. The van der Waals surface area contributed by atoms with Crippen LogP contribution in [0.15, 0.2) is 0 Å². The summed E-state index contributed by atoms with van der Waals surface area (Å²) < 4.78 is 11.6. The van der Waals surface area contributed by atoms with Crippen molar-refractivity contribution in [2.45, 2.75) is 57.3 Å². The van der Waals surface area contributed by atoms with Gasteiger partial charge in [0.2, 0.25) is 0 Å². The van der Waals surface area contributed by atoms with Crippen LogP contribution in [0.25, 0.3) is 0 Å². The Morgan fingerprint density at radius 3 is 2.46 bits per heavy atom. The van der Waals surface area contributed by atoms with Crippen LogP contribution in [0, 0.1) is 5.92 Å². The van der Waals surface area contributed by atoms with Gasteiger partial charge in [0.05, 0.1) is 17.3 Å². The molecule has 0 amide bonds. The molecule has 2 saturated heterocycles. The van der Waals surface area contributed by atoms with Crippen LogP contribution in [-0.4, -0.2) is 24.4 Å². The Balaban J connectivity index is 2.23. The lowest BCUT2D eigenvalue weighted by atomic mass is 9.67. The third-order valence-corrected chi connectivity index (χ3v) is 3.93. The first-order valence-corrected chi connectivity index (χ1v) is 5.21. The molecule has 2 nitrogen and oxygen atoms in total. The first-order chi connectivity index (χ1) is 5.98. The number of hydrogen-bond donors (Lipinski definition) is 0. The van der Waals surface area contributed by atoms with E-state index in [1.54, 1.807) is 7.11 Å². The summed E-state index contributed by atoms with van der Waals surface area (Å²) >= 11 is 0. The predicted molar refractivity (Wildman–Crippen MR) is 51.7 cm³/mol. The lowest BCUT2D eigenvalue weighted by Crippen LogP contribution is -2.61. The Kier molecular flexibility index (Phi) is 1.97. The molecule has 0 spiro atoms. The Hall–Kier alpha value is -0.0800. The zero-order chi connectivity index (χ0) is 9.69. The van der Waals surface area contributed by atoms with Crippen molar-refractivity contribution in [2.24, 2.45) is 5.92 Å². The minimum Gasteiger partial charge on any atom is -0.378 e. The van der Waals surface area contributed by atoms with Gasteiger partial charge in [0.25, 0.3) is 0 Å². The number of hydrogen-bond acceptors (Lipinski definition) is 2. The van der Waals surface area contributed by atoms with E-state index in [9.17, 15) is 0 Å². The number of fused-ring (bicyclic) bond motifs is 3. The molecule has 2 heterocycles. The van der Waals surface area contributed by atoms with Gasteiger partial charge in [0.15, 0.2) is 0 Å². The van der Waals surface area contributed by atoms with Crippen molar-refractivity contribution in [2.75, 3.05) is 7.11 Å². The van der Waals surface area contributed by atoms with Crippen molar-refractivity contribution >= 4 is 0 Å². The fourth-order valence-electron chi connectivity index (χ4n) is 3.03. The van der Waals surface area contributed by atoms with E-state index in [-0.39, 0.29) is 11.2 Å². The fraction of sp³-hybridized carbons (Fsp3) is 1.00. The second-order valence-electron chi connectivity index (χ2n) is 5.21. The van der Waals surface area contributed by atoms with Gasteiger partial charge in [-0.3, -0.25) is 0 Å². The van der Waals surface area contributed by atoms with E-state index < -0.39 is 0 Å². The van der Waals surface area contributed by atoms with Gasteiger partial charge in [-0.15, -0.1) is 0 Å². The molecule has 0 aromatic rings. The molecule has 2 heteroatoms. The molecular formula is C11H20O2. The second kappa shape index (κ2) is 2.71. The van der Waals surface area contributed by atoms with Crippen molar-refractivity contribution in [3.63, 3.8) is 0 Å². The molecule has 0 radical (unpaired) electrons. The third kappa shape index (κ3) is 1.31. The van der Waals surface area contributed by atoms with E-state index in [0.717, 1.165) is 6.42 Å². The van der Waals surface area contributed by atoms with Crippen molar-refractivity contribution in [3.8, 4) is 0 Å². The molecule has 3 rings (SSSR count). The van der Waals surface area contributed by atoms with Gasteiger partial charge in [-0.1, -0.05) is 0 Å². The van der Waals surface area contributed by atoms with Crippen LogP contribution in [0.5, 0.6) is 0 Å². The Morgan fingerprint density at radius 2 is 2.00 bits per heavy atom. The molecule has 3 aliphatic rings. The van der Waals surface area contributed by atoms with Crippen LogP contribution in [0.1, 0.15) is 40.0 Å². The maximum atomic E-state index is 6.14. The number of methoxy groups -OCH3 is 1. The van der Waals surface area contributed by atoms with Crippen LogP contribution < -0.4 is 0 Å². The first kappa shape index (κ1) is 9.47. The highest BCUT2D eigenvalue weighted by atomic mass is 16.6. The van der Waals surface area contributed by atoms with Crippen molar-refractivity contribution in [1.29, 1.82) is 0 Å². The molecule has 0 aromatic carbocycles. The van der Waals surface area contributed by atoms with E-state index in [0.29, 0.717) is 12.0 Å². The molecule has 76 valence electrons. The third-order valence-electron chi connectivity index (χ3n) is 3.93. The van der Waals surface area contributed by atoms with E-state index in [4.69, 9.17) is 9.47 Å². The summed E-state index contributed by atoms with van der Waals surface area (Å²) in [5, 5.41) is 0. The monoisotopic (exact) mass is 184 g/mol. The fourth-order valence-corrected chi connectivity index (χ4v) is 3.03.